The molecule has 0 heterocycles. The van der Waals surface area contributed by atoms with Crippen LogP contribution < -0.4 is 0 Å². The topological polar surface area (TPSA) is 0 Å². The normalized spacial score (nSPS) is 17.0. The van der Waals surface area contributed by atoms with Gasteiger partial charge in [0.25, 0.3) is 0 Å². The van der Waals surface area contributed by atoms with E-state index >= 15 is 0 Å². The molecule has 5 heteroatoms. The van der Waals surface area contributed by atoms with Gasteiger partial charge >= 0.3 is 0 Å². The lowest BCUT2D eigenvalue weighted by atomic mass is 9.19. The maximum atomic E-state index is 2.39. The Labute approximate surface area is 76.0 Å². The Morgan fingerprint density at radius 2 is 1.73 bits per heavy atom. The Hall–Kier alpha value is 0.325. The molecule has 2 atom stereocenters. The molecule has 58 valence electrons. The van der Waals surface area contributed by atoms with Crippen molar-refractivity contribution in [3.63, 3.8) is 0 Å². The Balaban J connectivity index is 4.05. The summed E-state index contributed by atoms with van der Waals surface area (Å²) in [5.41, 5.74) is 1.36. The summed E-state index contributed by atoms with van der Waals surface area (Å²) < 4.78 is 0. The van der Waals surface area contributed by atoms with E-state index in [0.29, 0.717) is 5.41 Å². The van der Waals surface area contributed by atoms with Crippen LogP contribution in [0.4, 0.5) is 0 Å². The second-order valence-corrected chi connectivity index (χ2v) is 4.67. The molecular weight excluding hydrogens is 126 g/mol. The lowest BCUT2D eigenvalue weighted by Crippen LogP contribution is -2.30. The van der Waals surface area contributed by atoms with Gasteiger partial charge in [0.15, 0.2) is 0 Å². The Morgan fingerprint density at radius 1 is 1.27 bits per heavy atom. The summed E-state index contributed by atoms with van der Waals surface area (Å²) in [5, 5.41) is 0. The molecule has 0 fully saturated rings. The van der Waals surface area contributed by atoms with Crippen molar-refractivity contribution in [1.29, 1.82) is 0 Å². The van der Waals surface area contributed by atoms with E-state index in [2.05, 4.69) is 44.2 Å². The standard InChI is InChI=1S/C6H19B5/c1-4(7)6(2,3)5(8)10-11-9/h4-5,10-11H,7-9H2,1-3H3. The minimum atomic E-state index is 0.510. The van der Waals surface area contributed by atoms with Crippen molar-refractivity contribution in [1.82, 2.24) is 0 Å². The summed E-state index contributed by atoms with van der Waals surface area (Å²) in [6.07, 6.45) is 0. The molecule has 0 rings (SSSR count). The molecule has 0 saturated carbocycles. The molecule has 0 aliphatic heterocycles. The molecule has 0 aromatic carbocycles. The zero-order chi connectivity index (χ0) is 9.07. The quantitative estimate of drug-likeness (QED) is 0.408. The summed E-state index contributed by atoms with van der Waals surface area (Å²) in [4.78, 5) is 0. The van der Waals surface area contributed by atoms with Gasteiger partial charge in [-0.2, -0.15) is 0 Å². The summed E-state index contributed by atoms with van der Waals surface area (Å²) in [6.45, 7) is 7.10. The van der Waals surface area contributed by atoms with E-state index in [-0.39, 0.29) is 0 Å². The predicted molar refractivity (Wildman–Crippen MR) is 66.9 cm³/mol. The van der Waals surface area contributed by atoms with Crippen LogP contribution in [0.2, 0.25) is 11.5 Å². The van der Waals surface area contributed by atoms with Crippen LogP contribution in [-0.4, -0.2) is 37.7 Å². The smallest absolute Gasteiger partial charge is 0.0952 e. The summed E-state index contributed by atoms with van der Waals surface area (Å²) in [6, 6.07) is 0. The summed E-state index contributed by atoms with van der Waals surface area (Å²) in [7, 11) is 9.66. The van der Waals surface area contributed by atoms with Crippen molar-refractivity contribution in [2.45, 2.75) is 32.3 Å². The Morgan fingerprint density at radius 3 is 2.00 bits per heavy atom. The molecule has 0 aromatic heterocycles. The van der Waals surface area contributed by atoms with Crippen molar-refractivity contribution in [2.24, 2.45) is 5.41 Å². The first kappa shape index (κ1) is 11.3. The second-order valence-electron chi connectivity index (χ2n) is 4.67. The van der Waals surface area contributed by atoms with E-state index in [1.807, 2.05) is 0 Å². The molecule has 0 amide bonds. The van der Waals surface area contributed by atoms with Gasteiger partial charge in [-0.25, -0.2) is 0 Å². The van der Waals surface area contributed by atoms with E-state index in [9.17, 15) is 0 Å². The van der Waals surface area contributed by atoms with Crippen molar-refractivity contribution < 1.29 is 0 Å². The van der Waals surface area contributed by atoms with Crippen LogP contribution in [0.25, 0.3) is 0 Å². The van der Waals surface area contributed by atoms with E-state index in [1.165, 1.54) is 14.2 Å². The molecule has 0 radical (unpaired) electrons. The van der Waals surface area contributed by atoms with Crippen molar-refractivity contribution in [2.75, 3.05) is 0 Å². The van der Waals surface area contributed by atoms with Crippen molar-refractivity contribution in [3.05, 3.63) is 0 Å². The van der Waals surface area contributed by atoms with Crippen LogP contribution in [0.1, 0.15) is 20.8 Å². The summed E-state index contributed by atoms with van der Waals surface area (Å²) in [5.74, 6) is 0.795. The lowest BCUT2D eigenvalue weighted by molar-refractivity contribution is 0.377. The molecule has 0 bridgehead atoms. The van der Waals surface area contributed by atoms with Gasteiger partial charge in [-0.3, -0.25) is 0 Å². The molecule has 0 aromatic rings. The van der Waals surface area contributed by atoms with Crippen molar-refractivity contribution in [3.8, 4) is 0 Å². The molecule has 11 heavy (non-hydrogen) atoms. The van der Waals surface area contributed by atoms with Gasteiger partial charge in [0, 0.05) is 0 Å². The fourth-order valence-electron chi connectivity index (χ4n) is 1.37. The highest BCUT2D eigenvalue weighted by Crippen LogP contribution is 2.38. The lowest BCUT2D eigenvalue weighted by Gasteiger charge is -2.36. The molecule has 0 nitrogen and oxygen atoms in total. The van der Waals surface area contributed by atoms with Crippen LogP contribution >= 0.6 is 0 Å². The maximum absolute atomic E-state index is 2.39. The van der Waals surface area contributed by atoms with E-state index in [4.69, 9.17) is 0 Å². The van der Waals surface area contributed by atoms with Gasteiger partial charge in [0.2, 0.25) is 0 Å². The highest BCUT2D eigenvalue weighted by atomic mass is 14.2. The zero-order valence-electron chi connectivity index (χ0n) is 9.07. The molecule has 0 saturated heterocycles. The average Bonchev–Trinajstić information content (AvgIpc) is 1.88. The third kappa shape index (κ3) is 3.05. The molecule has 0 aliphatic carbocycles. The van der Waals surface area contributed by atoms with Crippen LogP contribution in [0.15, 0.2) is 0 Å². The molecule has 0 spiro atoms. The number of hydrogen-bond acceptors (Lipinski definition) is 0. The minimum absolute atomic E-state index is 0.510. The van der Waals surface area contributed by atoms with Crippen LogP contribution in [-0.2, 0) is 0 Å². The van der Waals surface area contributed by atoms with E-state index in [1.54, 1.807) is 0 Å². The predicted octanol–water partition coefficient (Wildman–Crippen LogP) is -1.83. The molecular formula is C6H19B5. The first-order valence-corrected chi connectivity index (χ1v) is 4.92. The monoisotopic (exact) mass is 146 g/mol. The van der Waals surface area contributed by atoms with Gasteiger partial charge in [0.1, 0.15) is 7.85 Å². The number of rotatable bonds is 4. The van der Waals surface area contributed by atoms with E-state index < -0.39 is 0 Å². The zero-order valence-corrected chi connectivity index (χ0v) is 9.07. The first-order chi connectivity index (χ1) is 4.92. The Bertz CT molecular complexity index is 112. The maximum Gasteiger partial charge on any atom is 0.105 e. The SMILES string of the molecule is BBBC(B)C(C)(C)C(B)C. The van der Waals surface area contributed by atoms with Gasteiger partial charge in [-0.15, -0.1) is 0 Å². The van der Waals surface area contributed by atoms with Crippen LogP contribution in [0.3, 0.4) is 0 Å². The van der Waals surface area contributed by atoms with Gasteiger partial charge in [-0.05, 0) is 0 Å². The van der Waals surface area contributed by atoms with Crippen molar-refractivity contribution >= 4 is 37.7 Å². The first-order valence-electron chi connectivity index (χ1n) is 4.92. The fourth-order valence-corrected chi connectivity index (χ4v) is 1.37. The third-order valence-corrected chi connectivity index (χ3v) is 3.48. The molecule has 0 N–H and O–H groups in total. The largest absolute Gasteiger partial charge is 0.105 e. The van der Waals surface area contributed by atoms with E-state index in [0.717, 1.165) is 11.5 Å². The average molecular weight is 145 g/mol. The highest BCUT2D eigenvalue weighted by Gasteiger charge is 2.28. The molecule has 2 unspecified atom stereocenters. The van der Waals surface area contributed by atoms with Gasteiger partial charge < -0.3 is 0 Å². The van der Waals surface area contributed by atoms with Gasteiger partial charge in [0.05, 0.1) is 29.8 Å². The number of hydrogen-bond donors (Lipinski definition) is 0. The van der Waals surface area contributed by atoms with Crippen LogP contribution in [0.5, 0.6) is 0 Å². The molecule has 0 aliphatic rings. The highest BCUT2D eigenvalue weighted by molar-refractivity contribution is 7.25. The fraction of sp³-hybridized carbons (Fsp3) is 1.00. The summed E-state index contributed by atoms with van der Waals surface area (Å²) >= 11 is 0. The Kier molecular flexibility index (Phi) is 4.50. The van der Waals surface area contributed by atoms with Gasteiger partial charge in [-0.1, -0.05) is 37.7 Å². The van der Waals surface area contributed by atoms with Crippen LogP contribution in [0, 0.1) is 5.41 Å². The second kappa shape index (κ2) is 4.37. The third-order valence-electron chi connectivity index (χ3n) is 3.48. The minimum Gasteiger partial charge on any atom is -0.0952 e.